The molecule has 1 saturated carbocycles. The number of benzene rings is 3. The van der Waals surface area contributed by atoms with Gasteiger partial charge in [0.05, 0.1) is 36.0 Å². The zero-order chi connectivity index (χ0) is 32.1. The third-order valence-electron chi connectivity index (χ3n) is 10.2. The number of fused-ring (bicyclic) bond motifs is 3. The van der Waals surface area contributed by atoms with Gasteiger partial charge in [-0.15, -0.1) is 0 Å². The fourth-order valence-corrected chi connectivity index (χ4v) is 8.33. The van der Waals surface area contributed by atoms with Crippen molar-refractivity contribution in [2.24, 2.45) is 16.7 Å². The predicted molar refractivity (Wildman–Crippen MR) is 178 cm³/mol. The monoisotopic (exact) mass is 620 g/mol. The number of aliphatic hydroxyl groups excluding tert-OH is 1. The molecule has 2 unspecified atom stereocenters. The molecule has 3 aromatic carbocycles. The molecule has 240 valence electrons. The van der Waals surface area contributed by atoms with Crippen molar-refractivity contribution in [3.05, 3.63) is 101 Å². The van der Waals surface area contributed by atoms with Gasteiger partial charge >= 0.3 is 0 Å². The number of likely N-dealkylation sites (tertiary alicyclic amines) is 1. The summed E-state index contributed by atoms with van der Waals surface area (Å²) in [6.45, 7) is 11.5. The number of hydrogen-bond donors (Lipinski definition) is 2. The van der Waals surface area contributed by atoms with Crippen molar-refractivity contribution in [3.8, 4) is 0 Å². The fourth-order valence-electron chi connectivity index (χ4n) is 8.33. The number of amides is 1. The van der Waals surface area contributed by atoms with Gasteiger partial charge < -0.3 is 19.9 Å². The van der Waals surface area contributed by atoms with Gasteiger partial charge in [0.15, 0.2) is 6.29 Å². The molecule has 8 nitrogen and oxygen atoms in total. The molecule has 3 aliphatic rings. The summed E-state index contributed by atoms with van der Waals surface area (Å²) in [7, 11) is 0. The maximum Gasteiger partial charge on any atom is 0.275 e. The molecule has 7 rings (SSSR count). The van der Waals surface area contributed by atoms with Crippen molar-refractivity contribution >= 4 is 22.6 Å². The molecular weight excluding hydrogens is 576 g/mol. The summed E-state index contributed by atoms with van der Waals surface area (Å²) in [5, 5.41) is 12.6. The molecule has 6 atom stereocenters. The van der Waals surface area contributed by atoms with Crippen LogP contribution >= 0.6 is 0 Å². The number of ether oxygens (including phenoxy) is 2. The number of carbonyl (C=O) groups is 1. The van der Waals surface area contributed by atoms with E-state index in [0.29, 0.717) is 28.1 Å². The van der Waals surface area contributed by atoms with E-state index in [9.17, 15) is 9.90 Å². The molecule has 3 heterocycles. The average Bonchev–Trinajstić information content (AvgIpc) is 3.29. The van der Waals surface area contributed by atoms with Crippen LogP contribution in [-0.2, 0) is 16.1 Å². The zero-order valence-corrected chi connectivity index (χ0v) is 27.1. The van der Waals surface area contributed by atoms with Crippen molar-refractivity contribution in [2.75, 3.05) is 18.4 Å². The van der Waals surface area contributed by atoms with E-state index in [0.717, 1.165) is 35.3 Å². The predicted octanol–water partition coefficient (Wildman–Crippen LogP) is 7.07. The lowest BCUT2D eigenvalue weighted by Crippen LogP contribution is -2.46. The summed E-state index contributed by atoms with van der Waals surface area (Å²) in [6, 6.07) is 23.8. The Morgan fingerprint density at radius 1 is 0.957 bits per heavy atom. The number of rotatable bonds is 7. The molecule has 2 saturated heterocycles. The van der Waals surface area contributed by atoms with E-state index < -0.39 is 6.29 Å². The van der Waals surface area contributed by atoms with Gasteiger partial charge in [-0.2, -0.15) is 0 Å². The lowest BCUT2D eigenvalue weighted by Gasteiger charge is -2.43. The average molecular weight is 621 g/mol. The first-order valence-electron chi connectivity index (χ1n) is 16.5. The Balaban J connectivity index is 1.10. The van der Waals surface area contributed by atoms with Gasteiger partial charge in [-0.25, -0.2) is 4.98 Å². The van der Waals surface area contributed by atoms with E-state index in [1.165, 1.54) is 25.5 Å². The topological polar surface area (TPSA) is 96.8 Å². The van der Waals surface area contributed by atoms with Gasteiger partial charge in [-0.3, -0.25) is 14.7 Å². The van der Waals surface area contributed by atoms with E-state index in [2.05, 4.69) is 60.0 Å². The van der Waals surface area contributed by atoms with Crippen LogP contribution < -0.4 is 5.32 Å². The summed E-state index contributed by atoms with van der Waals surface area (Å²) in [4.78, 5) is 24.5. The second-order valence-electron chi connectivity index (χ2n) is 14.8. The third-order valence-corrected chi connectivity index (χ3v) is 10.2. The summed E-state index contributed by atoms with van der Waals surface area (Å²) in [5.74, 6) is -0.191. The van der Waals surface area contributed by atoms with E-state index in [-0.39, 0.29) is 36.3 Å². The first-order valence-corrected chi connectivity index (χ1v) is 16.5. The highest BCUT2D eigenvalue weighted by Gasteiger charge is 2.51. The number of aromatic nitrogens is 2. The summed E-state index contributed by atoms with van der Waals surface area (Å²) < 4.78 is 13.5. The van der Waals surface area contributed by atoms with Crippen LogP contribution in [0.5, 0.6) is 0 Å². The van der Waals surface area contributed by atoms with Crippen molar-refractivity contribution in [3.63, 3.8) is 0 Å². The van der Waals surface area contributed by atoms with Crippen LogP contribution in [0.1, 0.15) is 86.5 Å². The van der Waals surface area contributed by atoms with Gasteiger partial charge in [-0.1, -0.05) is 76.2 Å². The minimum atomic E-state index is -0.561. The lowest BCUT2D eigenvalue weighted by molar-refractivity contribution is -0.276. The van der Waals surface area contributed by atoms with Gasteiger partial charge in [0, 0.05) is 36.3 Å². The smallest absolute Gasteiger partial charge is 0.275 e. The largest absolute Gasteiger partial charge is 0.392 e. The highest BCUT2D eigenvalue weighted by molar-refractivity contribution is 6.03. The number of nitrogens with zero attached hydrogens (tertiary/aromatic N) is 3. The molecule has 8 heteroatoms. The van der Waals surface area contributed by atoms with Gasteiger partial charge in [0.2, 0.25) is 0 Å². The second-order valence-corrected chi connectivity index (χ2v) is 14.8. The number of anilines is 1. The molecule has 3 fully saturated rings. The van der Waals surface area contributed by atoms with E-state index in [4.69, 9.17) is 9.47 Å². The number of para-hydroxylation sites is 2. The molecule has 2 aliphatic heterocycles. The maximum absolute atomic E-state index is 13.0. The van der Waals surface area contributed by atoms with Gasteiger partial charge in [-0.05, 0) is 65.5 Å². The highest BCUT2D eigenvalue weighted by Crippen LogP contribution is 2.53. The van der Waals surface area contributed by atoms with Gasteiger partial charge in [0.1, 0.15) is 5.69 Å². The quantitative estimate of drug-likeness (QED) is 0.228. The lowest BCUT2D eigenvalue weighted by atomic mass is 9.65. The first-order chi connectivity index (χ1) is 22.1. The Morgan fingerprint density at radius 3 is 2.41 bits per heavy atom. The minimum Gasteiger partial charge on any atom is -0.392 e. The van der Waals surface area contributed by atoms with Crippen molar-refractivity contribution < 1.29 is 19.4 Å². The van der Waals surface area contributed by atoms with Crippen LogP contribution in [0.4, 0.5) is 5.69 Å². The van der Waals surface area contributed by atoms with Crippen molar-refractivity contribution in [1.82, 2.24) is 14.9 Å². The maximum atomic E-state index is 13.0. The van der Waals surface area contributed by atoms with E-state index in [1.807, 2.05) is 60.7 Å². The molecule has 4 aromatic rings. The Bertz CT molecular complexity index is 1710. The molecule has 1 amide bonds. The normalized spacial score (nSPS) is 29.1. The number of nitrogens with one attached hydrogen (secondary N) is 1. The zero-order valence-electron chi connectivity index (χ0n) is 27.1. The highest BCUT2D eigenvalue weighted by atomic mass is 16.7. The summed E-state index contributed by atoms with van der Waals surface area (Å²) in [5.41, 5.74) is 5.89. The molecule has 1 aliphatic carbocycles. The second kappa shape index (κ2) is 12.2. The molecule has 46 heavy (non-hydrogen) atoms. The van der Waals surface area contributed by atoms with Crippen LogP contribution in [0.2, 0.25) is 0 Å². The number of hydrogen-bond acceptors (Lipinski definition) is 7. The Morgan fingerprint density at radius 2 is 1.67 bits per heavy atom. The van der Waals surface area contributed by atoms with Crippen molar-refractivity contribution in [1.29, 1.82) is 0 Å². The molecule has 0 spiro atoms. The van der Waals surface area contributed by atoms with Crippen LogP contribution in [0.15, 0.2) is 79.0 Å². The minimum absolute atomic E-state index is 0.0114. The molecule has 1 aromatic heterocycles. The standard InChI is InChI=1S/C38H44N4O4/c1-24-33(20-42-23-38(4)18-29(42)17-37(2,3)22-38)45-36(46-34(24)26-11-9-25(21-43)10-12-26)27-13-15-28(16-14-27)40-35(44)32-19-39-30-7-5-6-8-31(30)41-32/h5-16,19,24,29,33-34,36,43H,17-18,20-23H2,1-4H3,(H,40,44)/t24-,29?,33+,34+,36+,38?/m1/s1. The number of carbonyl (C=O) groups excluding carboxylic acids is 1. The van der Waals surface area contributed by atoms with Crippen LogP contribution in [0.25, 0.3) is 11.0 Å². The SMILES string of the molecule is C[C@@H]1[C@H](CN2CC3(C)CC2CC(C)(C)C3)O[C@H](c2ccc(NC(=O)c3cnc4ccccc4n3)cc2)O[C@@H]1c1ccc(CO)cc1. The molecule has 0 radical (unpaired) electrons. The fraction of sp³-hybridized carbons (Fsp3) is 0.447. The number of aliphatic hydroxyl groups is 1. The van der Waals surface area contributed by atoms with Crippen LogP contribution in [0.3, 0.4) is 0 Å². The summed E-state index contributed by atoms with van der Waals surface area (Å²) >= 11 is 0. The third kappa shape index (κ3) is 6.32. The Hall–Kier alpha value is -3.69. The Kier molecular flexibility index (Phi) is 8.18. The Labute approximate surface area is 271 Å². The molecular formula is C38H44N4O4. The van der Waals surface area contributed by atoms with Crippen molar-refractivity contribution in [2.45, 2.75) is 78.1 Å². The van der Waals surface area contributed by atoms with Crippen LogP contribution in [0, 0.1) is 16.7 Å². The van der Waals surface area contributed by atoms with E-state index >= 15 is 0 Å². The van der Waals surface area contributed by atoms with E-state index in [1.54, 1.807) is 0 Å². The van der Waals surface area contributed by atoms with Gasteiger partial charge in [0.25, 0.3) is 5.91 Å². The molecule has 2 N–H and O–H groups in total. The first kappa shape index (κ1) is 30.9. The summed E-state index contributed by atoms with van der Waals surface area (Å²) in [6.07, 6.45) is 4.47. The van der Waals surface area contributed by atoms with Crippen LogP contribution in [-0.4, -0.2) is 51.1 Å². The molecule has 2 bridgehead atoms.